The Morgan fingerprint density at radius 3 is 2.70 bits per heavy atom. The zero-order chi connectivity index (χ0) is 17.0. The number of hydrogen-bond acceptors (Lipinski definition) is 3. The lowest BCUT2D eigenvalue weighted by Gasteiger charge is -2.35. The normalized spacial score (nSPS) is 29.2. The van der Waals surface area contributed by atoms with Gasteiger partial charge < -0.3 is 15.0 Å². The van der Waals surface area contributed by atoms with Gasteiger partial charge in [-0.2, -0.15) is 0 Å². The maximum absolute atomic E-state index is 12.1. The van der Waals surface area contributed by atoms with Gasteiger partial charge in [-0.05, 0) is 45.4 Å². The van der Waals surface area contributed by atoms with Crippen LogP contribution >= 0.6 is 0 Å². The number of nitrogens with one attached hydrogen (secondary N) is 1. The Morgan fingerprint density at radius 2 is 2.09 bits per heavy atom. The van der Waals surface area contributed by atoms with Crippen LogP contribution in [-0.2, 0) is 4.74 Å². The van der Waals surface area contributed by atoms with Crippen LogP contribution in [0.3, 0.4) is 0 Å². The summed E-state index contributed by atoms with van der Waals surface area (Å²) in [5.74, 6) is 1.58. The summed E-state index contributed by atoms with van der Waals surface area (Å²) in [6, 6.07) is 0.642. The van der Waals surface area contributed by atoms with E-state index >= 15 is 0 Å². The van der Waals surface area contributed by atoms with Crippen LogP contribution < -0.4 is 5.32 Å². The molecular formula is C19H34N2O2. The molecule has 4 nitrogen and oxygen atoms in total. The van der Waals surface area contributed by atoms with E-state index in [1.807, 2.05) is 20.8 Å². The first kappa shape index (κ1) is 18.3. The van der Waals surface area contributed by atoms with Gasteiger partial charge in [0.05, 0.1) is 0 Å². The summed E-state index contributed by atoms with van der Waals surface area (Å²) in [4.78, 5) is 13.9. The fourth-order valence-electron chi connectivity index (χ4n) is 3.50. The van der Waals surface area contributed by atoms with Crippen LogP contribution in [0.4, 0.5) is 4.79 Å². The van der Waals surface area contributed by atoms with E-state index in [-0.39, 0.29) is 6.09 Å². The van der Waals surface area contributed by atoms with Gasteiger partial charge in [0.25, 0.3) is 0 Å². The predicted octanol–water partition coefficient (Wildman–Crippen LogP) is 3.97. The van der Waals surface area contributed by atoms with Gasteiger partial charge in [0.2, 0.25) is 0 Å². The number of carbonyl (C=O) groups is 1. The maximum Gasteiger partial charge on any atom is 0.410 e. The monoisotopic (exact) mass is 322 g/mol. The lowest BCUT2D eigenvalue weighted by Crippen LogP contribution is -2.43. The van der Waals surface area contributed by atoms with Gasteiger partial charge >= 0.3 is 6.09 Å². The minimum absolute atomic E-state index is 0.199. The number of ether oxygens (including phenoxy) is 1. The lowest BCUT2D eigenvalue weighted by atomic mass is 9.78. The summed E-state index contributed by atoms with van der Waals surface area (Å²) >= 11 is 0. The van der Waals surface area contributed by atoms with Crippen molar-refractivity contribution >= 4 is 6.09 Å². The van der Waals surface area contributed by atoms with Gasteiger partial charge in [-0.3, -0.25) is 0 Å². The first-order valence-electron chi connectivity index (χ1n) is 9.15. The standard InChI is InChI=1S/C19H34N2O2/c1-14-7-6-8-17(15(14)2)20-13-16-9-11-21(12-10-16)18(22)23-19(3,4)5/h9,14-15,17,20H,6-8,10-13H2,1-5H3. The van der Waals surface area contributed by atoms with Crippen LogP contribution in [0.5, 0.6) is 0 Å². The highest BCUT2D eigenvalue weighted by atomic mass is 16.6. The van der Waals surface area contributed by atoms with Gasteiger partial charge in [0.1, 0.15) is 5.60 Å². The molecule has 0 bridgehead atoms. The van der Waals surface area contributed by atoms with Crippen molar-refractivity contribution in [3.8, 4) is 0 Å². The Hall–Kier alpha value is -1.03. The summed E-state index contributed by atoms with van der Waals surface area (Å²) in [5, 5.41) is 3.75. The molecule has 3 atom stereocenters. The molecule has 132 valence electrons. The number of nitrogens with zero attached hydrogens (tertiary/aromatic N) is 1. The zero-order valence-corrected chi connectivity index (χ0v) is 15.5. The predicted molar refractivity (Wildman–Crippen MR) is 94.5 cm³/mol. The number of carbonyl (C=O) groups excluding carboxylic acids is 1. The number of hydrogen-bond donors (Lipinski definition) is 1. The molecule has 1 saturated carbocycles. The molecular weight excluding hydrogens is 288 g/mol. The van der Waals surface area contributed by atoms with Crippen molar-refractivity contribution in [2.75, 3.05) is 19.6 Å². The van der Waals surface area contributed by atoms with Crippen molar-refractivity contribution in [3.05, 3.63) is 11.6 Å². The molecule has 0 spiro atoms. The average molecular weight is 322 g/mol. The highest BCUT2D eigenvalue weighted by molar-refractivity contribution is 5.68. The molecule has 0 aromatic heterocycles. The summed E-state index contributed by atoms with van der Waals surface area (Å²) < 4.78 is 5.44. The van der Waals surface area contributed by atoms with Crippen LogP contribution in [-0.4, -0.2) is 42.3 Å². The van der Waals surface area contributed by atoms with E-state index < -0.39 is 5.60 Å². The molecule has 1 aliphatic heterocycles. The van der Waals surface area contributed by atoms with Crippen LogP contribution in [0.25, 0.3) is 0 Å². The number of amides is 1. The first-order chi connectivity index (χ1) is 10.8. The van der Waals surface area contributed by atoms with E-state index in [1.54, 1.807) is 4.90 Å². The lowest BCUT2D eigenvalue weighted by molar-refractivity contribution is 0.0265. The summed E-state index contributed by atoms with van der Waals surface area (Å²) in [6.45, 7) is 12.9. The third-order valence-corrected chi connectivity index (χ3v) is 5.25. The molecule has 0 aromatic carbocycles. The smallest absolute Gasteiger partial charge is 0.410 e. The molecule has 4 heteroatoms. The minimum atomic E-state index is -0.420. The van der Waals surface area contributed by atoms with Crippen molar-refractivity contribution in [2.24, 2.45) is 11.8 Å². The second kappa shape index (κ2) is 7.69. The molecule has 1 amide bonds. The van der Waals surface area contributed by atoms with E-state index in [1.165, 1.54) is 24.8 Å². The van der Waals surface area contributed by atoms with Crippen molar-refractivity contribution < 1.29 is 9.53 Å². The van der Waals surface area contributed by atoms with Crippen LogP contribution in [0, 0.1) is 11.8 Å². The molecule has 1 heterocycles. The Bertz CT molecular complexity index is 439. The summed E-state index contributed by atoms with van der Waals surface area (Å²) in [6.07, 6.45) is 6.94. The van der Waals surface area contributed by atoms with E-state index in [4.69, 9.17) is 4.74 Å². The van der Waals surface area contributed by atoms with Gasteiger partial charge in [0, 0.05) is 25.7 Å². The second-order valence-corrected chi connectivity index (χ2v) is 8.29. The average Bonchev–Trinajstić information content (AvgIpc) is 2.47. The topological polar surface area (TPSA) is 41.6 Å². The molecule has 1 aliphatic carbocycles. The Balaban J connectivity index is 1.77. The second-order valence-electron chi connectivity index (χ2n) is 8.29. The largest absolute Gasteiger partial charge is 0.444 e. The highest BCUT2D eigenvalue weighted by Crippen LogP contribution is 2.29. The molecule has 23 heavy (non-hydrogen) atoms. The van der Waals surface area contributed by atoms with E-state index in [2.05, 4.69) is 25.2 Å². The third-order valence-electron chi connectivity index (χ3n) is 5.25. The first-order valence-corrected chi connectivity index (χ1v) is 9.15. The third kappa shape index (κ3) is 5.52. The molecule has 1 N–H and O–H groups in total. The highest BCUT2D eigenvalue weighted by Gasteiger charge is 2.27. The number of rotatable bonds is 3. The zero-order valence-electron chi connectivity index (χ0n) is 15.5. The molecule has 2 rings (SSSR count). The van der Waals surface area contributed by atoms with Gasteiger partial charge in [-0.1, -0.05) is 38.3 Å². The van der Waals surface area contributed by atoms with E-state index in [0.717, 1.165) is 31.3 Å². The van der Waals surface area contributed by atoms with Crippen LogP contribution in [0.1, 0.15) is 60.3 Å². The van der Waals surface area contributed by atoms with Crippen molar-refractivity contribution in [1.29, 1.82) is 0 Å². The quantitative estimate of drug-likeness (QED) is 0.799. The molecule has 3 unspecified atom stereocenters. The van der Waals surface area contributed by atoms with Crippen molar-refractivity contribution in [1.82, 2.24) is 10.2 Å². The van der Waals surface area contributed by atoms with Crippen LogP contribution in [0.15, 0.2) is 11.6 Å². The fraction of sp³-hybridized carbons (Fsp3) is 0.842. The molecule has 0 aromatic rings. The minimum Gasteiger partial charge on any atom is -0.444 e. The van der Waals surface area contributed by atoms with Gasteiger partial charge in [0.15, 0.2) is 0 Å². The Labute approximate surface area is 141 Å². The Morgan fingerprint density at radius 1 is 1.35 bits per heavy atom. The molecule has 1 fully saturated rings. The Kier molecular flexibility index (Phi) is 6.12. The molecule has 2 aliphatic rings. The summed E-state index contributed by atoms with van der Waals surface area (Å²) in [7, 11) is 0. The van der Waals surface area contributed by atoms with Crippen LogP contribution in [0.2, 0.25) is 0 Å². The summed E-state index contributed by atoms with van der Waals surface area (Å²) in [5.41, 5.74) is 1.01. The fourth-order valence-corrected chi connectivity index (χ4v) is 3.50. The molecule has 0 saturated heterocycles. The van der Waals surface area contributed by atoms with Crippen molar-refractivity contribution in [2.45, 2.75) is 71.9 Å². The SMILES string of the molecule is CC1CCCC(NCC2=CCN(C(=O)OC(C)(C)C)CC2)C1C. The van der Waals surface area contributed by atoms with E-state index in [0.29, 0.717) is 12.6 Å². The van der Waals surface area contributed by atoms with Crippen molar-refractivity contribution in [3.63, 3.8) is 0 Å². The van der Waals surface area contributed by atoms with Gasteiger partial charge in [-0.15, -0.1) is 0 Å². The molecule has 0 radical (unpaired) electrons. The van der Waals surface area contributed by atoms with Gasteiger partial charge in [-0.25, -0.2) is 4.79 Å². The van der Waals surface area contributed by atoms with E-state index in [9.17, 15) is 4.79 Å². The maximum atomic E-state index is 12.1.